The molecule has 182 valence electrons. The lowest BCUT2D eigenvalue weighted by molar-refractivity contribution is 0.0998. The lowest BCUT2D eigenvalue weighted by atomic mass is 10.1. The van der Waals surface area contributed by atoms with Crippen LogP contribution < -0.4 is 10.5 Å². The minimum atomic E-state index is -0.601. The van der Waals surface area contributed by atoms with Crippen LogP contribution in [0.1, 0.15) is 34.0 Å². The standard InChI is InChI=1S/C25H27FN6O2S/c1-16(18-5-3-4-6-19(18)26)34-22-12-23(35-24(22)25(27)33)32-15-29-20-13-28-17(11-21(20)32)14-31-9-7-30(2)8-10-31/h3-6,11-13,15-16H,7-10,14H2,1-2H3,(H2,27,33)/t16-/m1/s1. The number of carbonyl (C=O) groups excluding carboxylic acids is 1. The van der Waals surface area contributed by atoms with Crippen molar-refractivity contribution in [3.63, 3.8) is 0 Å². The first-order chi connectivity index (χ1) is 16.9. The molecule has 4 aromatic rings. The summed E-state index contributed by atoms with van der Waals surface area (Å²) in [6, 6.07) is 10.2. The lowest BCUT2D eigenvalue weighted by Gasteiger charge is -2.32. The fourth-order valence-electron chi connectivity index (χ4n) is 4.25. The Balaban J connectivity index is 1.44. The Hall–Kier alpha value is -3.34. The lowest BCUT2D eigenvalue weighted by Crippen LogP contribution is -2.44. The van der Waals surface area contributed by atoms with Gasteiger partial charge in [-0.2, -0.15) is 0 Å². The SMILES string of the molecule is C[C@@H](Oc1cc(-n2cnc3cnc(CN4CCN(C)CC4)cc32)sc1C(N)=O)c1ccccc1F. The minimum absolute atomic E-state index is 0.275. The van der Waals surface area contributed by atoms with Crippen LogP contribution in [0.25, 0.3) is 16.0 Å². The highest BCUT2D eigenvalue weighted by atomic mass is 32.1. The summed E-state index contributed by atoms with van der Waals surface area (Å²) in [6.45, 7) is 6.59. The number of aromatic nitrogens is 3. The number of fused-ring (bicyclic) bond motifs is 1. The maximum absolute atomic E-state index is 14.2. The molecule has 35 heavy (non-hydrogen) atoms. The first-order valence-corrected chi connectivity index (χ1v) is 12.3. The van der Waals surface area contributed by atoms with Crippen molar-refractivity contribution in [3.05, 3.63) is 70.9 Å². The second-order valence-electron chi connectivity index (χ2n) is 8.78. The Morgan fingerprint density at radius 1 is 1.20 bits per heavy atom. The number of benzene rings is 1. The van der Waals surface area contributed by atoms with Crippen LogP contribution in [0.3, 0.4) is 0 Å². The number of ether oxygens (including phenoxy) is 1. The van der Waals surface area contributed by atoms with Gasteiger partial charge in [-0.25, -0.2) is 9.37 Å². The van der Waals surface area contributed by atoms with Gasteiger partial charge in [-0.05, 0) is 26.1 Å². The molecule has 1 fully saturated rings. The van der Waals surface area contributed by atoms with Gasteiger partial charge in [0.25, 0.3) is 5.91 Å². The van der Waals surface area contributed by atoms with Gasteiger partial charge in [0.1, 0.15) is 39.4 Å². The number of hydrogen-bond donors (Lipinski definition) is 1. The van der Waals surface area contributed by atoms with Crippen molar-refractivity contribution in [1.29, 1.82) is 0 Å². The van der Waals surface area contributed by atoms with E-state index in [0.717, 1.165) is 54.5 Å². The molecule has 1 aromatic carbocycles. The Kier molecular flexibility index (Phi) is 6.50. The molecule has 0 radical (unpaired) electrons. The number of likely N-dealkylation sites (N-methyl/N-ethyl adjacent to an activating group) is 1. The molecule has 1 saturated heterocycles. The maximum Gasteiger partial charge on any atom is 0.262 e. The Morgan fingerprint density at radius 3 is 2.71 bits per heavy atom. The maximum atomic E-state index is 14.2. The van der Waals surface area contributed by atoms with Gasteiger partial charge in [-0.15, -0.1) is 11.3 Å². The van der Waals surface area contributed by atoms with Gasteiger partial charge in [-0.1, -0.05) is 18.2 Å². The molecule has 3 aromatic heterocycles. The quantitative estimate of drug-likeness (QED) is 0.422. The average molecular weight is 495 g/mol. The van der Waals surface area contributed by atoms with Crippen LogP contribution >= 0.6 is 11.3 Å². The molecule has 8 nitrogen and oxygen atoms in total. The summed E-state index contributed by atoms with van der Waals surface area (Å²) in [4.78, 5) is 26.2. The molecule has 0 spiro atoms. The Labute approximate surface area is 206 Å². The van der Waals surface area contributed by atoms with E-state index in [0.29, 0.717) is 11.3 Å². The number of carbonyl (C=O) groups is 1. The zero-order chi connectivity index (χ0) is 24.5. The fourth-order valence-corrected chi connectivity index (χ4v) is 5.18. The predicted octanol–water partition coefficient (Wildman–Crippen LogP) is 3.61. The van der Waals surface area contributed by atoms with E-state index in [4.69, 9.17) is 10.5 Å². The fraction of sp³-hybridized carbons (Fsp3) is 0.320. The molecule has 1 aliphatic rings. The highest BCUT2D eigenvalue weighted by molar-refractivity contribution is 7.16. The number of rotatable bonds is 7. The summed E-state index contributed by atoms with van der Waals surface area (Å²) in [6.07, 6.45) is 2.88. The number of imidazole rings is 1. The number of nitrogens with two attached hydrogens (primary N) is 1. The van der Waals surface area contributed by atoms with Gasteiger partial charge in [0.15, 0.2) is 0 Å². The van der Waals surface area contributed by atoms with Crippen LogP contribution in [0.4, 0.5) is 4.39 Å². The van der Waals surface area contributed by atoms with E-state index in [9.17, 15) is 9.18 Å². The summed E-state index contributed by atoms with van der Waals surface area (Å²) < 4.78 is 22.2. The van der Waals surface area contributed by atoms with E-state index in [1.54, 1.807) is 43.7 Å². The van der Waals surface area contributed by atoms with E-state index in [1.807, 2.05) is 10.6 Å². The topological polar surface area (TPSA) is 89.5 Å². The molecule has 1 aliphatic heterocycles. The molecular formula is C25H27FN6O2S. The van der Waals surface area contributed by atoms with Gasteiger partial charge >= 0.3 is 0 Å². The summed E-state index contributed by atoms with van der Waals surface area (Å²) in [7, 11) is 2.14. The van der Waals surface area contributed by atoms with Crippen LogP contribution in [0.5, 0.6) is 5.75 Å². The molecule has 0 unspecified atom stereocenters. The van der Waals surface area contributed by atoms with Crippen molar-refractivity contribution in [2.24, 2.45) is 5.73 Å². The van der Waals surface area contributed by atoms with Crippen LogP contribution in [-0.2, 0) is 6.54 Å². The molecule has 4 heterocycles. The molecule has 1 atom stereocenters. The Morgan fingerprint density at radius 2 is 1.97 bits per heavy atom. The normalized spacial score (nSPS) is 16.0. The van der Waals surface area contributed by atoms with Crippen LogP contribution in [0.2, 0.25) is 0 Å². The highest BCUT2D eigenvalue weighted by Gasteiger charge is 2.22. The molecular weight excluding hydrogens is 467 g/mol. The highest BCUT2D eigenvalue weighted by Crippen LogP contribution is 2.36. The number of hydrogen-bond acceptors (Lipinski definition) is 7. The third kappa shape index (κ3) is 4.90. The van der Waals surface area contributed by atoms with E-state index in [-0.39, 0.29) is 10.7 Å². The van der Waals surface area contributed by atoms with E-state index >= 15 is 0 Å². The first-order valence-electron chi connectivity index (χ1n) is 11.5. The minimum Gasteiger partial charge on any atom is -0.484 e. The Bertz CT molecular complexity index is 1360. The van der Waals surface area contributed by atoms with Gasteiger partial charge in [-0.3, -0.25) is 19.2 Å². The number of pyridine rings is 1. The van der Waals surface area contributed by atoms with Crippen molar-refractivity contribution >= 4 is 28.3 Å². The summed E-state index contributed by atoms with van der Waals surface area (Å²) >= 11 is 1.22. The van der Waals surface area contributed by atoms with Crippen LogP contribution in [0.15, 0.2) is 48.9 Å². The van der Waals surface area contributed by atoms with Gasteiger partial charge in [0.2, 0.25) is 0 Å². The molecule has 2 N–H and O–H groups in total. The van der Waals surface area contributed by atoms with Crippen molar-refractivity contribution in [3.8, 4) is 10.8 Å². The van der Waals surface area contributed by atoms with Crippen LogP contribution in [-0.4, -0.2) is 63.5 Å². The van der Waals surface area contributed by atoms with E-state index < -0.39 is 12.0 Å². The smallest absolute Gasteiger partial charge is 0.262 e. The largest absolute Gasteiger partial charge is 0.484 e. The third-order valence-corrected chi connectivity index (χ3v) is 7.40. The first kappa shape index (κ1) is 23.4. The summed E-state index contributed by atoms with van der Waals surface area (Å²) in [5, 5.41) is 0.730. The number of primary amides is 1. The van der Waals surface area contributed by atoms with Gasteiger partial charge < -0.3 is 15.4 Å². The second kappa shape index (κ2) is 9.73. The zero-order valence-corrected chi connectivity index (χ0v) is 20.5. The van der Waals surface area contributed by atoms with Crippen molar-refractivity contribution < 1.29 is 13.9 Å². The third-order valence-electron chi connectivity index (χ3n) is 6.26. The molecule has 0 aliphatic carbocycles. The van der Waals surface area contributed by atoms with Crippen molar-refractivity contribution in [2.75, 3.05) is 33.2 Å². The van der Waals surface area contributed by atoms with E-state index in [1.165, 1.54) is 17.4 Å². The van der Waals surface area contributed by atoms with E-state index in [2.05, 4.69) is 26.8 Å². The number of piperazine rings is 1. The predicted molar refractivity (Wildman–Crippen MR) is 133 cm³/mol. The average Bonchev–Trinajstić information content (AvgIpc) is 3.44. The molecule has 10 heteroatoms. The number of thiophene rings is 1. The van der Waals surface area contributed by atoms with Crippen LogP contribution in [0, 0.1) is 5.82 Å². The van der Waals surface area contributed by atoms with Gasteiger partial charge in [0.05, 0.1) is 17.4 Å². The van der Waals surface area contributed by atoms with Crippen molar-refractivity contribution in [2.45, 2.75) is 19.6 Å². The summed E-state index contributed by atoms with van der Waals surface area (Å²) in [5.41, 5.74) is 8.65. The second-order valence-corrected chi connectivity index (χ2v) is 9.81. The zero-order valence-electron chi connectivity index (χ0n) is 19.6. The molecule has 5 rings (SSSR count). The number of amides is 1. The summed E-state index contributed by atoms with van der Waals surface area (Å²) in [5.74, 6) is -0.641. The molecule has 0 bridgehead atoms. The molecule has 1 amide bonds. The number of halogens is 1. The van der Waals surface area contributed by atoms with Gasteiger partial charge in [0, 0.05) is 44.4 Å². The monoisotopic (exact) mass is 494 g/mol. The van der Waals surface area contributed by atoms with Crippen molar-refractivity contribution in [1.82, 2.24) is 24.3 Å². The number of nitrogens with zero attached hydrogens (tertiary/aromatic N) is 5. The molecule has 0 saturated carbocycles.